The summed E-state index contributed by atoms with van der Waals surface area (Å²) in [5.74, 6) is -1.29. The summed E-state index contributed by atoms with van der Waals surface area (Å²) < 4.78 is 29.1. The molecule has 5 nitrogen and oxygen atoms in total. The number of rotatable bonds is 6. The molecule has 4 rings (SSSR count). The Bertz CT molecular complexity index is 1270. The number of aliphatic hydroxyl groups is 1. The molecule has 3 aromatic rings. The highest BCUT2D eigenvalue weighted by molar-refractivity contribution is 7.17. The Balaban J connectivity index is 1.77. The first-order valence-electron chi connectivity index (χ1n) is 9.94. The third-order valence-electron chi connectivity index (χ3n) is 5.59. The Morgan fingerprint density at radius 3 is 2.59 bits per heavy atom. The van der Waals surface area contributed by atoms with Crippen LogP contribution in [0.3, 0.4) is 0 Å². The number of aldehydes is 1. The van der Waals surface area contributed by atoms with Crippen LogP contribution in [0.4, 0.5) is 14.5 Å². The third kappa shape index (κ3) is 4.17. The summed E-state index contributed by atoms with van der Waals surface area (Å²) in [5, 5.41) is 19.2. The van der Waals surface area contributed by atoms with Crippen molar-refractivity contribution >= 4 is 29.5 Å². The van der Waals surface area contributed by atoms with Crippen molar-refractivity contribution in [2.45, 2.75) is 24.9 Å². The van der Waals surface area contributed by atoms with E-state index < -0.39 is 17.2 Å². The average Bonchev–Trinajstić information content (AvgIpc) is 3.18. The lowest BCUT2D eigenvalue weighted by atomic mass is 9.80. The number of nitrogens with zero attached hydrogens (tertiary/aromatic N) is 2. The fraction of sp³-hybridized carbons (Fsp3) is 0.208. The topological polar surface area (TPSA) is 99.5 Å². The van der Waals surface area contributed by atoms with Gasteiger partial charge in [0.1, 0.15) is 17.7 Å². The molecule has 1 saturated carbocycles. The van der Waals surface area contributed by atoms with Crippen molar-refractivity contribution < 1.29 is 18.7 Å². The van der Waals surface area contributed by atoms with E-state index in [0.717, 1.165) is 17.8 Å². The van der Waals surface area contributed by atoms with Gasteiger partial charge in [0, 0.05) is 33.5 Å². The Morgan fingerprint density at radius 2 is 1.97 bits per heavy atom. The van der Waals surface area contributed by atoms with Gasteiger partial charge in [0.25, 0.3) is 0 Å². The number of nitrogens with two attached hydrogens (primary N) is 1. The van der Waals surface area contributed by atoms with Gasteiger partial charge in [-0.15, -0.1) is 11.3 Å². The maximum absolute atomic E-state index is 14.9. The highest BCUT2D eigenvalue weighted by Crippen LogP contribution is 2.41. The van der Waals surface area contributed by atoms with Crippen LogP contribution in [0.15, 0.2) is 41.4 Å². The molecular formula is C24H19F2N3O2S. The molecule has 1 aliphatic rings. The number of anilines is 1. The summed E-state index contributed by atoms with van der Waals surface area (Å²) >= 11 is 1.07. The summed E-state index contributed by atoms with van der Waals surface area (Å²) in [4.78, 5) is 16.5. The van der Waals surface area contributed by atoms with E-state index in [1.807, 2.05) is 0 Å². The molecule has 0 spiro atoms. The molecule has 0 saturated heterocycles. The van der Waals surface area contributed by atoms with E-state index >= 15 is 0 Å². The van der Waals surface area contributed by atoms with Crippen LogP contribution in [-0.4, -0.2) is 29.8 Å². The van der Waals surface area contributed by atoms with Crippen molar-refractivity contribution in [3.8, 4) is 27.6 Å². The van der Waals surface area contributed by atoms with Crippen LogP contribution in [0.25, 0.3) is 21.6 Å². The average molecular weight is 451 g/mol. The van der Waals surface area contributed by atoms with Crippen molar-refractivity contribution in [3.63, 3.8) is 0 Å². The maximum Gasteiger partial charge on any atom is 0.160 e. The van der Waals surface area contributed by atoms with Gasteiger partial charge in [0.2, 0.25) is 0 Å². The molecule has 0 bridgehead atoms. The summed E-state index contributed by atoms with van der Waals surface area (Å²) in [7, 11) is 0. The molecule has 1 heterocycles. The number of hydrogen-bond acceptors (Lipinski definition) is 6. The number of hydrogen-bond donors (Lipinski definition) is 2. The standard InChI is InChI=1S/C24H19F2N3O2S/c25-20-7-14(2-3-15(20)10-27)18-8-17(12-30)32-23(18)19-6-16(22(28)9-21(19)26)11-29-13-24(31)4-1-5-24/h2-3,6-9,11-12,31H,1,4-5,13,28H2. The van der Waals surface area contributed by atoms with E-state index in [0.29, 0.717) is 45.6 Å². The lowest BCUT2D eigenvalue weighted by molar-refractivity contribution is -0.0234. The predicted molar refractivity (Wildman–Crippen MR) is 121 cm³/mol. The maximum atomic E-state index is 14.9. The monoisotopic (exact) mass is 451 g/mol. The van der Waals surface area contributed by atoms with Crippen LogP contribution < -0.4 is 5.73 Å². The van der Waals surface area contributed by atoms with Crippen LogP contribution in [0, 0.1) is 23.0 Å². The van der Waals surface area contributed by atoms with Gasteiger partial charge in [-0.3, -0.25) is 9.79 Å². The zero-order valence-electron chi connectivity index (χ0n) is 16.9. The van der Waals surface area contributed by atoms with E-state index in [4.69, 9.17) is 11.0 Å². The van der Waals surface area contributed by atoms with Crippen molar-refractivity contribution in [3.05, 3.63) is 64.0 Å². The summed E-state index contributed by atoms with van der Waals surface area (Å²) in [6.45, 7) is 0.239. The largest absolute Gasteiger partial charge is 0.398 e. The Hall–Kier alpha value is -3.41. The first-order valence-corrected chi connectivity index (χ1v) is 10.8. The molecule has 1 fully saturated rings. The molecule has 8 heteroatoms. The van der Waals surface area contributed by atoms with E-state index in [-0.39, 0.29) is 23.4 Å². The molecular weight excluding hydrogens is 432 g/mol. The molecule has 1 aromatic heterocycles. The van der Waals surface area contributed by atoms with Crippen molar-refractivity contribution in [1.82, 2.24) is 0 Å². The van der Waals surface area contributed by atoms with Gasteiger partial charge in [-0.05, 0) is 55.2 Å². The number of nitrogen functional groups attached to an aromatic ring is 1. The lowest BCUT2D eigenvalue weighted by Gasteiger charge is -2.34. The SMILES string of the molecule is N#Cc1ccc(-c2cc(C=O)sc2-c2cc(C=NCC3(O)CCC3)c(N)cc2F)cc1F. The van der Waals surface area contributed by atoms with Gasteiger partial charge in [-0.2, -0.15) is 5.26 Å². The van der Waals surface area contributed by atoms with Crippen molar-refractivity contribution in [1.29, 1.82) is 5.26 Å². The van der Waals surface area contributed by atoms with E-state index in [2.05, 4.69) is 4.99 Å². The molecule has 0 aliphatic heterocycles. The highest BCUT2D eigenvalue weighted by Gasteiger charge is 2.33. The second-order valence-corrected chi connectivity index (χ2v) is 8.91. The fourth-order valence-electron chi connectivity index (χ4n) is 3.60. The van der Waals surface area contributed by atoms with Crippen molar-refractivity contribution in [2.24, 2.45) is 4.99 Å². The summed E-state index contributed by atoms with van der Waals surface area (Å²) in [6.07, 6.45) is 4.51. The normalized spacial score (nSPS) is 14.8. The van der Waals surface area contributed by atoms with Crippen LogP contribution in [0.1, 0.15) is 40.1 Å². The second-order valence-electron chi connectivity index (χ2n) is 7.82. The van der Waals surface area contributed by atoms with Crippen LogP contribution in [-0.2, 0) is 0 Å². The Morgan fingerprint density at radius 1 is 1.19 bits per heavy atom. The molecule has 2 aromatic carbocycles. The zero-order chi connectivity index (χ0) is 22.9. The Labute approximate surface area is 187 Å². The number of aliphatic imine (C=N–C) groups is 1. The minimum atomic E-state index is -0.784. The van der Waals surface area contributed by atoms with Gasteiger partial charge in [0.15, 0.2) is 6.29 Å². The minimum Gasteiger partial charge on any atom is -0.398 e. The van der Waals surface area contributed by atoms with Crippen LogP contribution >= 0.6 is 11.3 Å². The van der Waals surface area contributed by atoms with E-state index in [9.17, 15) is 18.7 Å². The molecule has 1 aliphatic carbocycles. The third-order valence-corrected chi connectivity index (χ3v) is 6.68. The molecule has 0 atom stereocenters. The molecule has 162 valence electrons. The van der Waals surface area contributed by atoms with E-state index in [1.165, 1.54) is 30.5 Å². The van der Waals surface area contributed by atoms with Crippen LogP contribution in [0.2, 0.25) is 0 Å². The number of nitriles is 1. The second kappa shape index (κ2) is 8.61. The van der Waals surface area contributed by atoms with Gasteiger partial charge >= 0.3 is 0 Å². The van der Waals surface area contributed by atoms with Crippen molar-refractivity contribution in [2.75, 3.05) is 12.3 Å². The number of carbonyl (C=O) groups is 1. The first-order chi connectivity index (χ1) is 15.3. The van der Waals surface area contributed by atoms with Crippen LogP contribution in [0.5, 0.6) is 0 Å². The molecule has 3 N–H and O–H groups in total. The molecule has 0 radical (unpaired) electrons. The summed E-state index contributed by atoms with van der Waals surface area (Å²) in [5.41, 5.74) is 6.82. The minimum absolute atomic E-state index is 0.105. The number of carbonyl (C=O) groups excluding carboxylic acids is 1. The molecule has 0 amide bonds. The number of benzene rings is 2. The molecule has 0 unspecified atom stereocenters. The van der Waals surface area contributed by atoms with Gasteiger partial charge in [-0.25, -0.2) is 8.78 Å². The first kappa shape index (κ1) is 21.8. The van der Waals surface area contributed by atoms with Gasteiger partial charge in [0.05, 0.1) is 22.6 Å². The molecule has 32 heavy (non-hydrogen) atoms. The fourth-order valence-corrected chi connectivity index (χ4v) is 4.62. The lowest BCUT2D eigenvalue weighted by Crippen LogP contribution is -2.39. The van der Waals surface area contributed by atoms with Gasteiger partial charge in [-0.1, -0.05) is 6.07 Å². The van der Waals surface area contributed by atoms with Gasteiger partial charge < -0.3 is 10.8 Å². The highest BCUT2D eigenvalue weighted by atomic mass is 32.1. The quantitative estimate of drug-likeness (QED) is 0.314. The smallest absolute Gasteiger partial charge is 0.160 e. The van der Waals surface area contributed by atoms with E-state index in [1.54, 1.807) is 18.2 Å². The summed E-state index contributed by atoms with van der Waals surface area (Å²) in [6, 6.07) is 10.1. The number of halogens is 2. The predicted octanol–water partition coefficient (Wildman–Crippen LogP) is 4.96. The Kier molecular flexibility index (Phi) is 5.87. The number of thiophene rings is 1. The zero-order valence-corrected chi connectivity index (χ0v) is 17.8.